The van der Waals surface area contributed by atoms with Gasteiger partial charge in [0, 0.05) is 19.6 Å². The number of benzene rings is 2. The van der Waals surface area contributed by atoms with Crippen LogP contribution in [-0.4, -0.2) is 37.6 Å². The van der Waals surface area contributed by atoms with E-state index < -0.39 is 5.91 Å². The molecule has 26 heavy (non-hydrogen) atoms. The van der Waals surface area contributed by atoms with Crippen LogP contribution in [-0.2, 0) is 24.2 Å². The summed E-state index contributed by atoms with van der Waals surface area (Å²) in [5.41, 5.74) is 8.96. The fourth-order valence-corrected chi connectivity index (χ4v) is 3.46. The maximum atomic E-state index is 10.8. The zero-order valence-electron chi connectivity index (χ0n) is 14.8. The fraction of sp³-hybridized carbons (Fsp3) is 0.350. The number of carbonyl (C=O) groups excluding carboxylic acids is 1. The third kappa shape index (κ3) is 4.68. The molecule has 138 valence electrons. The van der Waals surface area contributed by atoms with E-state index in [0.29, 0.717) is 10.8 Å². The molecule has 1 amide bonds. The minimum atomic E-state index is -0.522. The molecule has 0 aromatic heterocycles. The number of nitrogens with zero attached hydrogens (tertiary/aromatic N) is 1. The highest BCUT2D eigenvalue weighted by molar-refractivity contribution is 6.32. The number of nitrogens with two attached hydrogens (primary N) is 1. The Hall–Kier alpha value is -2.24. The van der Waals surface area contributed by atoms with Gasteiger partial charge in [-0.1, -0.05) is 23.7 Å². The van der Waals surface area contributed by atoms with Crippen LogP contribution in [0.25, 0.3) is 0 Å². The van der Waals surface area contributed by atoms with Crippen molar-refractivity contribution < 1.29 is 14.3 Å². The van der Waals surface area contributed by atoms with Gasteiger partial charge in [-0.2, -0.15) is 0 Å². The molecule has 0 spiro atoms. The van der Waals surface area contributed by atoms with Crippen LogP contribution in [0.3, 0.4) is 0 Å². The summed E-state index contributed by atoms with van der Waals surface area (Å²) in [4.78, 5) is 13.2. The summed E-state index contributed by atoms with van der Waals surface area (Å²) in [5, 5.41) is 0.492. The second kappa shape index (κ2) is 8.43. The summed E-state index contributed by atoms with van der Waals surface area (Å²) >= 11 is 6.26. The number of fused-ring (bicyclic) bond motifs is 1. The first kappa shape index (κ1) is 18.5. The molecule has 6 heteroatoms. The third-order valence-electron chi connectivity index (χ3n) is 4.58. The number of hydrogen-bond donors (Lipinski definition) is 1. The van der Waals surface area contributed by atoms with E-state index in [1.54, 1.807) is 13.2 Å². The molecule has 0 saturated carbocycles. The number of hydrogen-bond acceptors (Lipinski definition) is 4. The van der Waals surface area contributed by atoms with Crippen molar-refractivity contribution in [1.82, 2.24) is 4.90 Å². The fourth-order valence-electron chi connectivity index (χ4n) is 3.20. The van der Waals surface area contributed by atoms with Crippen LogP contribution in [0.2, 0.25) is 5.02 Å². The van der Waals surface area contributed by atoms with E-state index in [1.165, 1.54) is 11.1 Å². The zero-order valence-corrected chi connectivity index (χ0v) is 15.6. The normalized spacial score (nSPS) is 14.4. The summed E-state index contributed by atoms with van der Waals surface area (Å²) in [6.07, 6.45) is 2.02. The second-order valence-corrected chi connectivity index (χ2v) is 6.84. The molecule has 2 aromatic rings. The summed E-state index contributed by atoms with van der Waals surface area (Å²) in [5.74, 6) is 0.867. The van der Waals surface area contributed by atoms with Gasteiger partial charge in [-0.25, -0.2) is 0 Å². The van der Waals surface area contributed by atoms with Crippen molar-refractivity contribution in [2.45, 2.75) is 19.4 Å². The van der Waals surface area contributed by atoms with Gasteiger partial charge in [0.2, 0.25) is 0 Å². The van der Waals surface area contributed by atoms with Gasteiger partial charge in [-0.05, 0) is 53.8 Å². The van der Waals surface area contributed by atoms with Crippen molar-refractivity contribution in [3.8, 4) is 11.5 Å². The molecule has 0 aliphatic carbocycles. The van der Waals surface area contributed by atoms with Crippen LogP contribution in [0.5, 0.6) is 11.5 Å². The zero-order chi connectivity index (χ0) is 18.5. The minimum absolute atomic E-state index is 0.174. The molecule has 1 aliphatic heterocycles. The number of rotatable bonds is 6. The number of halogens is 1. The smallest absolute Gasteiger partial charge is 0.255 e. The van der Waals surface area contributed by atoms with Gasteiger partial charge in [0.25, 0.3) is 5.91 Å². The number of primary amides is 1. The first-order chi connectivity index (χ1) is 12.5. The number of methoxy groups -OCH3 is 1. The van der Waals surface area contributed by atoms with E-state index in [-0.39, 0.29) is 6.61 Å². The third-order valence-corrected chi connectivity index (χ3v) is 4.88. The van der Waals surface area contributed by atoms with Crippen molar-refractivity contribution >= 4 is 17.5 Å². The van der Waals surface area contributed by atoms with E-state index in [4.69, 9.17) is 26.8 Å². The topological polar surface area (TPSA) is 64.8 Å². The Kier molecular flexibility index (Phi) is 6.01. The first-order valence-electron chi connectivity index (χ1n) is 8.63. The van der Waals surface area contributed by atoms with Gasteiger partial charge in [-0.3, -0.25) is 9.69 Å². The van der Waals surface area contributed by atoms with Crippen molar-refractivity contribution in [2.24, 2.45) is 5.73 Å². The van der Waals surface area contributed by atoms with E-state index in [9.17, 15) is 4.79 Å². The van der Waals surface area contributed by atoms with Gasteiger partial charge >= 0.3 is 0 Å². The highest BCUT2D eigenvalue weighted by atomic mass is 35.5. The van der Waals surface area contributed by atoms with Crippen LogP contribution >= 0.6 is 11.6 Å². The Bertz CT molecular complexity index is 795. The van der Waals surface area contributed by atoms with Crippen molar-refractivity contribution in [1.29, 1.82) is 0 Å². The molecule has 2 aromatic carbocycles. The van der Waals surface area contributed by atoms with E-state index in [1.807, 2.05) is 18.2 Å². The van der Waals surface area contributed by atoms with Crippen LogP contribution in [0.4, 0.5) is 0 Å². The largest absolute Gasteiger partial charge is 0.497 e. The number of amides is 1. The van der Waals surface area contributed by atoms with E-state index in [0.717, 1.165) is 43.8 Å². The highest BCUT2D eigenvalue weighted by Crippen LogP contribution is 2.27. The Labute approximate surface area is 158 Å². The molecule has 0 atom stereocenters. The lowest BCUT2D eigenvalue weighted by molar-refractivity contribution is -0.119. The van der Waals surface area contributed by atoms with Gasteiger partial charge in [0.1, 0.15) is 11.5 Å². The van der Waals surface area contributed by atoms with Gasteiger partial charge < -0.3 is 15.2 Å². The Morgan fingerprint density at radius 1 is 1.15 bits per heavy atom. The molecule has 0 unspecified atom stereocenters. The van der Waals surface area contributed by atoms with Crippen LogP contribution in [0.1, 0.15) is 16.7 Å². The first-order valence-corrected chi connectivity index (χ1v) is 9.00. The summed E-state index contributed by atoms with van der Waals surface area (Å²) in [6.45, 7) is 2.63. The highest BCUT2D eigenvalue weighted by Gasteiger charge is 2.15. The Balaban J connectivity index is 1.63. The summed E-state index contributed by atoms with van der Waals surface area (Å²) in [7, 11) is 1.70. The Morgan fingerprint density at radius 3 is 2.62 bits per heavy atom. The maximum Gasteiger partial charge on any atom is 0.255 e. The molecule has 0 radical (unpaired) electrons. The molecule has 1 heterocycles. The van der Waals surface area contributed by atoms with Crippen LogP contribution < -0.4 is 15.2 Å². The average molecular weight is 375 g/mol. The Morgan fingerprint density at radius 2 is 1.92 bits per heavy atom. The van der Waals surface area contributed by atoms with Gasteiger partial charge in [0.05, 0.1) is 12.1 Å². The lowest BCUT2D eigenvalue weighted by atomic mass is 10.0. The maximum absolute atomic E-state index is 10.8. The minimum Gasteiger partial charge on any atom is -0.497 e. The lowest BCUT2D eigenvalue weighted by Crippen LogP contribution is -2.26. The molecule has 0 fully saturated rings. The molecule has 0 bridgehead atoms. The van der Waals surface area contributed by atoms with Gasteiger partial charge in [-0.15, -0.1) is 0 Å². The SMILES string of the molecule is COc1ccc2c(c1)CCN(Cc1ccc(OCC(N)=O)c(Cl)c1)CC2. The average Bonchev–Trinajstić information content (AvgIpc) is 2.83. The van der Waals surface area contributed by atoms with Gasteiger partial charge in [0.15, 0.2) is 6.61 Å². The molecule has 2 N–H and O–H groups in total. The van der Waals surface area contributed by atoms with Crippen LogP contribution in [0, 0.1) is 0 Å². The predicted octanol–water partition coefficient (Wildman–Crippen LogP) is 2.81. The molecule has 3 rings (SSSR count). The number of ether oxygens (including phenoxy) is 2. The lowest BCUT2D eigenvalue weighted by Gasteiger charge is -2.20. The van der Waals surface area contributed by atoms with Crippen molar-refractivity contribution in [2.75, 3.05) is 26.8 Å². The summed E-state index contributed by atoms with van der Waals surface area (Å²) in [6, 6.07) is 12.0. The number of carbonyl (C=O) groups is 1. The molecular formula is C20H23ClN2O3. The molecule has 0 saturated heterocycles. The second-order valence-electron chi connectivity index (χ2n) is 6.43. The van der Waals surface area contributed by atoms with Crippen LogP contribution in [0.15, 0.2) is 36.4 Å². The molecular weight excluding hydrogens is 352 g/mol. The van der Waals surface area contributed by atoms with E-state index in [2.05, 4.69) is 17.0 Å². The predicted molar refractivity (Wildman–Crippen MR) is 102 cm³/mol. The standard InChI is InChI=1S/C20H23ClN2O3/c1-25-17-4-3-15-6-8-23(9-7-16(15)11-17)12-14-2-5-19(18(21)10-14)26-13-20(22)24/h2-5,10-11H,6-9,12-13H2,1H3,(H2,22,24). The van der Waals surface area contributed by atoms with Crippen molar-refractivity contribution in [3.63, 3.8) is 0 Å². The van der Waals surface area contributed by atoms with E-state index >= 15 is 0 Å². The monoisotopic (exact) mass is 374 g/mol. The van der Waals surface area contributed by atoms with Crippen molar-refractivity contribution in [3.05, 3.63) is 58.1 Å². The molecule has 1 aliphatic rings. The summed E-state index contributed by atoms with van der Waals surface area (Å²) < 4.78 is 10.6. The molecule has 5 nitrogen and oxygen atoms in total. The quantitative estimate of drug-likeness (QED) is 0.844.